The average molecular weight is 498 g/mol. The van der Waals surface area contributed by atoms with Crippen LogP contribution < -0.4 is 10.6 Å². The molecule has 0 N–H and O–H groups in total. The van der Waals surface area contributed by atoms with E-state index in [0.29, 0.717) is 12.5 Å². The Labute approximate surface area is 162 Å². The van der Waals surface area contributed by atoms with Crippen LogP contribution in [0, 0.1) is 5.92 Å². The van der Waals surface area contributed by atoms with Crippen molar-refractivity contribution in [3.8, 4) is 9.75 Å². The molecule has 2 aromatic rings. The standard InChI is InChI=1S/C16H19Br2O2PS2/c1-3-5-6-10(4-2)9-20-21(19)11-7-13(17)22-15(11)16-12(21)8-14(18)23-16/h7-8,10H,3-6,9H2,1-2H3. The number of thiophene rings is 2. The van der Waals surface area contributed by atoms with Crippen molar-refractivity contribution < 1.29 is 9.09 Å². The molecule has 0 aromatic carbocycles. The van der Waals surface area contributed by atoms with Crippen LogP contribution >= 0.6 is 61.9 Å². The highest BCUT2D eigenvalue weighted by Gasteiger charge is 2.43. The van der Waals surface area contributed by atoms with Gasteiger partial charge in [-0.1, -0.05) is 33.1 Å². The van der Waals surface area contributed by atoms with Crippen LogP contribution in [0.25, 0.3) is 9.75 Å². The van der Waals surface area contributed by atoms with Crippen LogP contribution in [0.2, 0.25) is 0 Å². The summed E-state index contributed by atoms with van der Waals surface area (Å²) in [5.41, 5.74) is 0. The Morgan fingerprint density at radius 2 is 1.70 bits per heavy atom. The molecular weight excluding hydrogens is 479 g/mol. The highest BCUT2D eigenvalue weighted by atomic mass is 79.9. The zero-order chi connectivity index (χ0) is 16.6. The molecule has 126 valence electrons. The zero-order valence-electron chi connectivity index (χ0n) is 13.1. The Bertz CT molecular complexity index is 703. The molecule has 0 bridgehead atoms. The topological polar surface area (TPSA) is 26.3 Å². The molecule has 0 radical (unpaired) electrons. The monoisotopic (exact) mass is 496 g/mol. The van der Waals surface area contributed by atoms with Crippen molar-refractivity contribution >= 4 is 72.5 Å². The van der Waals surface area contributed by atoms with Gasteiger partial charge in [0.05, 0.1) is 34.5 Å². The predicted octanol–water partition coefficient (Wildman–Crippen LogP) is 6.78. The summed E-state index contributed by atoms with van der Waals surface area (Å²) in [6.07, 6.45) is 4.61. The van der Waals surface area contributed by atoms with Crippen molar-refractivity contribution in [2.75, 3.05) is 6.61 Å². The lowest BCUT2D eigenvalue weighted by Gasteiger charge is -2.19. The van der Waals surface area contributed by atoms with Crippen molar-refractivity contribution in [2.45, 2.75) is 39.5 Å². The van der Waals surface area contributed by atoms with Crippen LogP contribution in [0.5, 0.6) is 0 Å². The zero-order valence-corrected chi connectivity index (χ0v) is 18.8. The first-order chi connectivity index (χ1) is 11.0. The number of unbranched alkanes of at least 4 members (excludes halogenated alkanes) is 1. The number of hydrogen-bond acceptors (Lipinski definition) is 4. The molecular formula is C16H19Br2O2PS2. The summed E-state index contributed by atoms with van der Waals surface area (Å²) >= 11 is 10.3. The third-order valence-electron chi connectivity index (χ3n) is 4.24. The summed E-state index contributed by atoms with van der Waals surface area (Å²) < 4.78 is 21.9. The maximum atomic E-state index is 13.7. The summed E-state index contributed by atoms with van der Waals surface area (Å²) in [6.45, 7) is 4.97. The Balaban J connectivity index is 1.89. The van der Waals surface area contributed by atoms with E-state index in [-0.39, 0.29) is 0 Å². The normalized spacial score (nSPS) is 16.3. The lowest BCUT2D eigenvalue weighted by molar-refractivity contribution is 0.242. The third kappa shape index (κ3) is 3.45. The lowest BCUT2D eigenvalue weighted by atomic mass is 10.0. The lowest BCUT2D eigenvalue weighted by Crippen LogP contribution is -2.16. The van der Waals surface area contributed by atoms with Gasteiger partial charge in [0.2, 0.25) is 0 Å². The highest BCUT2D eigenvalue weighted by molar-refractivity contribution is 9.11. The fraction of sp³-hybridized carbons (Fsp3) is 0.500. The summed E-state index contributed by atoms with van der Waals surface area (Å²) in [6, 6.07) is 3.96. The van der Waals surface area contributed by atoms with Crippen LogP contribution in [0.1, 0.15) is 39.5 Å². The van der Waals surface area contributed by atoms with E-state index in [9.17, 15) is 4.57 Å². The van der Waals surface area contributed by atoms with Crippen LogP contribution in [0.15, 0.2) is 19.7 Å². The minimum Gasteiger partial charge on any atom is -0.322 e. The average Bonchev–Trinajstić information content (AvgIpc) is 3.14. The molecule has 0 saturated heterocycles. The number of fused-ring (bicyclic) bond motifs is 3. The Hall–Kier alpha value is 0.550. The minimum absolute atomic E-state index is 0.484. The SMILES string of the molecule is CCCCC(CC)COP1(=O)c2cc(Br)sc2-c2sc(Br)cc21. The van der Waals surface area contributed by atoms with Crippen LogP contribution in [0.3, 0.4) is 0 Å². The van der Waals surface area contributed by atoms with Gasteiger partial charge in [0.25, 0.3) is 7.37 Å². The molecule has 3 rings (SSSR count). The van der Waals surface area contributed by atoms with E-state index >= 15 is 0 Å². The second kappa shape index (κ2) is 7.43. The van der Waals surface area contributed by atoms with E-state index in [1.54, 1.807) is 22.7 Å². The third-order valence-corrected chi connectivity index (χ3v) is 10.5. The van der Waals surface area contributed by atoms with Crippen molar-refractivity contribution in [1.29, 1.82) is 0 Å². The van der Waals surface area contributed by atoms with Crippen LogP contribution in [0.4, 0.5) is 0 Å². The fourth-order valence-corrected chi connectivity index (χ4v) is 9.99. The molecule has 0 amide bonds. The summed E-state index contributed by atoms with van der Waals surface area (Å²) in [5.74, 6) is 0.484. The second-order valence-corrected chi connectivity index (χ2v) is 13.0. The molecule has 1 atom stereocenters. The Morgan fingerprint density at radius 1 is 1.13 bits per heavy atom. The molecule has 3 heterocycles. The van der Waals surface area contributed by atoms with E-state index in [2.05, 4.69) is 45.7 Å². The number of halogens is 2. The largest absolute Gasteiger partial charge is 0.322 e. The molecule has 1 aliphatic rings. The molecule has 1 aliphatic heterocycles. The maximum Gasteiger partial charge on any atom is 0.264 e. The van der Waals surface area contributed by atoms with Gasteiger partial charge in [0, 0.05) is 0 Å². The van der Waals surface area contributed by atoms with Crippen molar-refractivity contribution in [1.82, 2.24) is 0 Å². The first-order valence-corrected chi connectivity index (χ1v) is 12.7. The van der Waals surface area contributed by atoms with E-state index in [4.69, 9.17) is 4.52 Å². The van der Waals surface area contributed by atoms with Gasteiger partial charge in [-0.2, -0.15) is 0 Å². The summed E-state index contributed by atoms with van der Waals surface area (Å²) in [5, 5.41) is 1.77. The molecule has 7 heteroatoms. The van der Waals surface area contributed by atoms with E-state index in [1.807, 2.05) is 12.1 Å². The van der Waals surface area contributed by atoms with Crippen LogP contribution in [-0.2, 0) is 9.09 Å². The second-order valence-electron chi connectivity index (χ2n) is 5.79. The molecule has 2 nitrogen and oxygen atoms in total. The van der Waals surface area contributed by atoms with E-state index < -0.39 is 7.37 Å². The van der Waals surface area contributed by atoms with Gasteiger partial charge in [-0.25, -0.2) is 0 Å². The van der Waals surface area contributed by atoms with Crippen molar-refractivity contribution in [3.05, 3.63) is 19.7 Å². The minimum atomic E-state index is -2.95. The van der Waals surface area contributed by atoms with Gasteiger partial charge >= 0.3 is 0 Å². The first-order valence-electron chi connectivity index (χ1n) is 7.84. The molecule has 0 aliphatic carbocycles. The van der Waals surface area contributed by atoms with Crippen LogP contribution in [-0.4, -0.2) is 6.61 Å². The first kappa shape index (κ1) is 18.3. The Kier molecular flexibility index (Phi) is 5.92. The number of rotatable bonds is 7. The predicted molar refractivity (Wildman–Crippen MR) is 109 cm³/mol. The Morgan fingerprint density at radius 3 is 2.17 bits per heavy atom. The molecule has 0 spiro atoms. The summed E-state index contributed by atoms with van der Waals surface area (Å²) in [4.78, 5) is 2.21. The molecule has 0 fully saturated rings. The molecule has 2 aromatic heterocycles. The highest BCUT2D eigenvalue weighted by Crippen LogP contribution is 2.59. The van der Waals surface area contributed by atoms with Gasteiger partial charge in [0.1, 0.15) is 0 Å². The van der Waals surface area contributed by atoms with Gasteiger partial charge < -0.3 is 4.52 Å². The van der Waals surface area contributed by atoms with Gasteiger partial charge in [0.15, 0.2) is 0 Å². The maximum absolute atomic E-state index is 13.7. The fourth-order valence-electron chi connectivity index (χ4n) is 2.84. The smallest absolute Gasteiger partial charge is 0.264 e. The molecule has 0 saturated carbocycles. The van der Waals surface area contributed by atoms with Crippen molar-refractivity contribution in [3.63, 3.8) is 0 Å². The van der Waals surface area contributed by atoms with Gasteiger partial charge in [-0.15, -0.1) is 22.7 Å². The summed E-state index contributed by atoms with van der Waals surface area (Å²) in [7, 11) is -2.95. The van der Waals surface area contributed by atoms with Gasteiger partial charge in [-0.05, 0) is 56.3 Å². The van der Waals surface area contributed by atoms with E-state index in [0.717, 1.165) is 40.8 Å². The number of hydrogen-bond donors (Lipinski definition) is 0. The van der Waals surface area contributed by atoms with Gasteiger partial charge in [-0.3, -0.25) is 4.57 Å². The van der Waals surface area contributed by atoms with Crippen molar-refractivity contribution in [2.24, 2.45) is 5.92 Å². The molecule has 23 heavy (non-hydrogen) atoms. The molecule has 1 unspecified atom stereocenters. The quantitative estimate of drug-likeness (QED) is 0.394. The van der Waals surface area contributed by atoms with E-state index in [1.165, 1.54) is 12.8 Å².